The summed E-state index contributed by atoms with van der Waals surface area (Å²) in [5.74, 6) is 1.58. The van der Waals surface area contributed by atoms with Crippen LogP contribution in [0.3, 0.4) is 0 Å². The molecular formula is C23H21N5O2S. The summed E-state index contributed by atoms with van der Waals surface area (Å²) >= 11 is 1.47. The van der Waals surface area contributed by atoms with E-state index in [1.54, 1.807) is 23.1 Å². The summed E-state index contributed by atoms with van der Waals surface area (Å²) in [7, 11) is 0. The van der Waals surface area contributed by atoms with E-state index in [4.69, 9.17) is 4.74 Å². The van der Waals surface area contributed by atoms with Gasteiger partial charge in [-0.3, -0.25) is 4.79 Å². The highest BCUT2D eigenvalue weighted by Crippen LogP contribution is 2.42. The summed E-state index contributed by atoms with van der Waals surface area (Å²) in [6.45, 7) is 6.67. The molecule has 1 aliphatic heterocycles. The number of rotatable bonds is 3. The molecule has 5 rings (SSSR count). The molecule has 1 aliphatic rings. The highest BCUT2D eigenvalue weighted by Gasteiger charge is 2.25. The lowest BCUT2D eigenvalue weighted by Gasteiger charge is -2.16. The van der Waals surface area contributed by atoms with Crippen LogP contribution in [0.4, 0.5) is 5.82 Å². The Bertz CT molecular complexity index is 1270. The van der Waals surface area contributed by atoms with Gasteiger partial charge in [-0.15, -0.1) is 11.3 Å². The first-order chi connectivity index (χ1) is 14.9. The van der Waals surface area contributed by atoms with E-state index in [0.717, 1.165) is 27.4 Å². The van der Waals surface area contributed by atoms with E-state index in [0.29, 0.717) is 23.3 Å². The smallest absolute Gasteiger partial charge is 0.266 e. The number of para-hydroxylation sites is 1. The molecule has 0 saturated carbocycles. The van der Waals surface area contributed by atoms with Crippen molar-refractivity contribution in [1.29, 1.82) is 0 Å². The Morgan fingerprint density at radius 1 is 1.13 bits per heavy atom. The molecule has 0 spiro atoms. The summed E-state index contributed by atoms with van der Waals surface area (Å²) < 4.78 is 7.40. The summed E-state index contributed by atoms with van der Waals surface area (Å²) in [6, 6.07) is 13.4. The van der Waals surface area contributed by atoms with Crippen molar-refractivity contribution >= 4 is 23.1 Å². The fraction of sp³-hybridized carbons (Fsp3) is 0.217. The van der Waals surface area contributed by atoms with Gasteiger partial charge in [-0.25, -0.2) is 9.97 Å². The Hall–Kier alpha value is -3.52. The zero-order chi connectivity index (χ0) is 21.6. The van der Waals surface area contributed by atoms with Gasteiger partial charge in [-0.05, 0) is 24.3 Å². The first-order valence-corrected chi connectivity index (χ1v) is 10.8. The van der Waals surface area contributed by atoms with Crippen LogP contribution in [0.25, 0.3) is 16.4 Å². The van der Waals surface area contributed by atoms with Gasteiger partial charge < -0.3 is 10.1 Å². The van der Waals surface area contributed by atoms with E-state index in [9.17, 15) is 4.79 Å². The zero-order valence-corrected chi connectivity index (χ0v) is 18.2. The van der Waals surface area contributed by atoms with Gasteiger partial charge in [0.2, 0.25) is 0 Å². The average molecular weight is 432 g/mol. The van der Waals surface area contributed by atoms with Crippen LogP contribution in [0, 0.1) is 0 Å². The fourth-order valence-corrected chi connectivity index (χ4v) is 4.47. The van der Waals surface area contributed by atoms with Gasteiger partial charge in [0.1, 0.15) is 18.2 Å². The molecule has 0 radical (unpaired) electrons. The molecular weight excluding hydrogens is 410 g/mol. The van der Waals surface area contributed by atoms with Crippen LogP contribution in [0.5, 0.6) is 5.75 Å². The largest absolute Gasteiger partial charge is 0.488 e. The van der Waals surface area contributed by atoms with Crippen molar-refractivity contribution < 1.29 is 9.53 Å². The van der Waals surface area contributed by atoms with Crippen LogP contribution in [-0.2, 0) is 12.0 Å². The van der Waals surface area contributed by atoms with Crippen LogP contribution >= 0.6 is 11.3 Å². The summed E-state index contributed by atoms with van der Waals surface area (Å²) in [5, 5.41) is 7.66. The predicted molar refractivity (Wildman–Crippen MR) is 120 cm³/mol. The van der Waals surface area contributed by atoms with Crippen molar-refractivity contribution in [1.82, 2.24) is 19.7 Å². The molecule has 0 unspecified atom stereocenters. The Morgan fingerprint density at radius 3 is 2.68 bits per heavy atom. The number of amides is 1. The van der Waals surface area contributed by atoms with Gasteiger partial charge in [0.05, 0.1) is 10.6 Å². The maximum absolute atomic E-state index is 13.2. The van der Waals surface area contributed by atoms with Crippen molar-refractivity contribution in [2.75, 3.05) is 5.32 Å². The molecule has 0 saturated heterocycles. The predicted octanol–water partition coefficient (Wildman–Crippen LogP) is 4.83. The quantitative estimate of drug-likeness (QED) is 0.502. The third-order valence-electron chi connectivity index (χ3n) is 5.01. The molecule has 31 heavy (non-hydrogen) atoms. The maximum atomic E-state index is 13.2. The van der Waals surface area contributed by atoms with E-state index in [1.165, 1.54) is 11.3 Å². The molecule has 4 aromatic rings. The molecule has 4 heterocycles. The third kappa shape index (κ3) is 3.59. The number of thiophene rings is 1. The maximum Gasteiger partial charge on any atom is 0.266 e. The highest BCUT2D eigenvalue weighted by atomic mass is 32.1. The van der Waals surface area contributed by atoms with Gasteiger partial charge in [0, 0.05) is 39.9 Å². The number of fused-ring (bicyclic) bond motifs is 3. The molecule has 7 nitrogen and oxygen atoms in total. The normalized spacial score (nSPS) is 12.6. The second-order valence-corrected chi connectivity index (χ2v) is 9.38. The topological polar surface area (TPSA) is 81.9 Å². The number of hydrogen-bond donors (Lipinski definition) is 1. The van der Waals surface area contributed by atoms with Crippen LogP contribution < -0.4 is 10.1 Å². The van der Waals surface area contributed by atoms with Crippen molar-refractivity contribution in [2.45, 2.75) is 32.8 Å². The van der Waals surface area contributed by atoms with Gasteiger partial charge in [0.25, 0.3) is 11.9 Å². The standard InChI is InChI=1S/C23H21N5O2S/c1-23(2,3)18-12-19(28(27-18)22-24-9-6-10-25-22)26-21(29)17-11-14-13-30-16-8-5-4-7-15(16)20(14)31-17/h4-12H,13H2,1-3H3,(H,26,29). The molecule has 3 aromatic heterocycles. The van der Waals surface area contributed by atoms with Crippen LogP contribution in [0.15, 0.2) is 54.9 Å². The van der Waals surface area contributed by atoms with E-state index >= 15 is 0 Å². The van der Waals surface area contributed by atoms with Crippen LogP contribution in [-0.4, -0.2) is 25.7 Å². The Balaban J connectivity index is 1.49. The SMILES string of the molecule is CC(C)(C)c1cc(NC(=O)c2cc3c(s2)-c2ccccc2OC3)n(-c2ncccn2)n1. The van der Waals surface area contributed by atoms with E-state index in [2.05, 4.69) is 41.2 Å². The van der Waals surface area contributed by atoms with Gasteiger partial charge >= 0.3 is 0 Å². The molecule has 8 heteroatoms. The van der Waals surface area contributed by atoms with Crippen molar-refractivity contribution in [3.8, 4) is 22.1 Å². The molecule has 156 valence electrons. The first kappa shape index (κ1) is 19.4. The minimum absolute atomic E-state index is 0.192. The lowest BCUT2D eigenvalue weighted by molar-refractivity contribution is 0.102. The minimum Gasteiger partial charge on any atom is -0.488 e. The second-order valence-electron chi connectivity index (χ2n) is 8.33. The van der Waals surface area contributed by atoms with Crippen molar-refractivity contribution in [3.05, 3.63) is 71.0 Å². The molecule has 0 aliphatic carbocycles. The second kappa shape index (κ2) is 7.31. The number of carbonyl (C=O) groups excluding carboxylic acids is 1. The third-order valence-corrected chi connectivity index (χ3v) is 6.22. The lowest BCUT2D eigenvalue weighted by Crippen LogP contribution is -2.15. The molecule has 1 amide bonds. The number of benzene rings is 1. The van der Waals surface area contributed by atoms with E-state index < -0.39 is 0 Å². The number of ether oxygens (including phenoxy) is 1. The van der Waals surface area contributed by atoms with Gasteiger partial charge in [-0.2, -0.15) is 9.78 Å². The number of aromatic nitrogens is 4. The summed E-state index contributed by atoms with van der Waals surface area (Å²) in [4.78, 5) is 23.4. The van der Waals surface area contributed by atoms with Crippen molar-refractivity contribution in [2.24, 2.45) is 0 Å². The molecule has 0 fully saturated rings. The number of anilines is 1. The lowest BCUT2D eigenvalue weighted by atomic mass is 9.92. The molecule has 0 bridgehead atoms. The molecule has 1 aromatic carbocycles. The summed E-state index contributed by atoms with van der Waals surface area (Å²) in [5.41, 5.74) is 2.68. The fourth-order valence-electron chi connectivity index (χ4n) is 3.38. The molecule has 1 N–H and O–H groups in total. The van der Waals surface area contributed by atoms with Gasteiger partial charge in [0.15, 0.2) is 0 Å². The van der Waals surface area contributed by atoms with E-state index in [-0.39, 0.29) is 11.3 Å². The Kier molecular flexibility index (Phi) is 4.59. The average Bonchev–Trinajstić information content (AvgIpc) is 3.39. The Labute approximate surface area is 183 Å². The minimum atomic E-state index is -0.200. The number of nitrogens with zero attached hydrogens (tertiary/aromatic N) is 4. The number of hydrogen-bond acceptors (Lipinski definition) is 6. The Morgan fingerprint density at radius 2 is 1.90 bits per heavy atom. The van der Waals surface area contributed by atoms with Crippen LogP contribution in [0.2, 0.25) is 0 Å². The van der Waals surface area contributed by atoms with Gasteiger partial charge in [-0.1, -0.05) is 32.9 Å². The summed E-state index contributed by atoms with van der Waals surface area (Å²) in [6.07, 6.45) is 3.30. The monoisotopic (exact) mass is 431 g/mol. The zero-order valence-electron chi connectivity index (χ0n) is 17.4. The van der Waals surface area contributed by atoms with Crippen LogP contribution in [0.1, 0.15) is 41.7 Å². The highest BCUT2D eigenvalue weighted by molar-refractivity contribution is 7.17. The first-order valence-electron chi connectivity index (χ1n) is 9.94. The van der Waals surface area contributed by atoms with E-state index in [1.807, 2.05) is 36.4 Å². The molecule has 0 atom stereocenters. The van der Waals surface area contributed by atoms with Crippen molar-refractivity contribution in [3.63, 3.8) is 0 Å². The number of nitrogens with one attached hydrogen (secondary N) is 1. The number of carbonyl (C=O) groups is 1.